The Bertz CT molecular complexity index is 502. The van der Waals surface area contributed by atoms with E-state index in [1.165, 1.54) is 5.56 Å². The second kappa shape index (κ2) is 4.88. The molecule has 2 rings (SSSR count). The van der Waals surface area contributed by atoms with Crippen molar-refractivity contribution in [2.75, 3.05) is 11.5 Å². The fourth-order valence-corrected chi connectivity index (χ4v) is 1.92. The lowest BCUT2D eigenvalue weighted by Gasteiger charge is -2.10. The molecule has 0 atom stereocenters. The van der Waals surface area contributed by atoms with E-state index in [2.05, 4.69) is 13.0 Å². The van der Waals surface area contributed by atoms with Crippen molar-refractivity contribution in [1.82, 2.24) is 0 Å². The van der Waals surface area contributed by atoms with E-state index < -0.39 is 0 Å². The van der Waals surface area contributed by atoms with E-state index in [0.29, 0.717) is 0 Å². The fraction of sp³-hybridized carbons (Fsp3) is 0.286. The molecule has 0 saturated carbocycles. The largest absolute Gasteiger partial charge is 0.398 e. The van der Waals surface area contributed by atoms with Crippen LogP contribution < -0.4 is 11.5 Å². The molecular weight excluding hydrogens is 196 g/mol. The van der Waals surface area contributed by atoms with E-state index >= 15 is 0 Å². The SMILES string of the molecule is CC.Cc1cc(C)c2c(N)cccc2c1N. The minimum absolute atomic E-state index is 0.798. The molecule has 0 aliphatic carbocycles. The molecule has 0 aliphatic heterocycles. The van der Waals surface area contributed by atoms with Gasteiger partial charge in [0, 0.05) is 22.1 Å². The summed E-state index contributed by atoms with van der Waals surface area (Å²) in [7, 11) is 0. The van der Waals surface area contributed by atoms with Crippen molar-refractivity contribution >= 4 is 22.1 Å². The van der Waals surface area contributed by atoms with Crippen LogP contribution in [0.15, 0.2) is 24.3 Å². The second-order valence-corrected chi connectivity index (χ2v) is 3.69. The Kier molecular flexibility index (Phi) is 3.78. The number of fused-ring (bicyclic) bond motifs is 1. The van der Waals surface area contributed by atoms with Crippen LogP contribution in [0.25, 0.3) is 10.8 Å². The van der Waals surface area contributed by atoms with Crippen LogP contribution in [0.5, 0.6) is 0 Å². The summed E-state index contributed by atoms with van der Waals surface area (Å²) in [5.74, 6) is 0. The number of benzene rings is 2. The van der Waals surface area contributed by atoms with Gasteiger partial charge in [-0.15, -0.1) is 0 Å². The minimum Gasteiger partial charge on any atom is -0.398 e. The first-order valence-corrected chi connectivity index (χ1v) is 5.65. The molecule has 0 spiro atoms. The molecule has 0 saturated heterocycles. The molecular formula is C14H20N2. The molecule has 0 bridgehead atoms. The number of rotatable bonds is 0. The fourth-order valence-electron chi connectivity index (χ4n) is 1.92. The highest BCUT2D eigenvalue weighted by Crippen LogP contribution is 2.31. The zero-order valence-corrected chi connectivity index (χ0v) is 10.5. The lowest BCUT2D eigenvalue weighted by Crippen LogP contribution is -1.96. The van der Waals surface area contributed by atoms with Crippen LogP contribution in [0.1, 0.15) is 25.0 Å². The van der Waals surface area contributed by atoms with Crippen molar-refractivity contribution in [3.05, 3.63) is 35.4 Å². The summed E-state index contributed by atoms with van der Waals surface area (Å²) in [5, 5.41) is 2.14. The smallest absolute Gasteiger partial charge is 0.0424 e. The van der Waals surface area contributed by atoms with Gasteiger partial charge in [-0.05, 0) is 31.0 Å². The summed E-state index contributed by atoms with van der Waals surface area (Å²) in [4.78, 5) is 0. The quantitative estimate of drug-likeness (QED) is 0.660. The molecule has 2 nitrogen and oxygen atoms in total. The molecule has 0 amide bonds. The summed E-state index contributed by atoms with van der Waals surface area (Å²) >= 11 is 0. The monoisotopic (exact) mass is 216 g/mol. The van der Waals surface area contributed by atoms with Crippen LogP contribution in [0, 0.1) is 13.8 Å². The van der Waals surface area contributed by atoms with Gasteiger partial charge in [0.25, 0.3) is 0 Å². The maximum absolute atomic E-state index is 6.00. The first-order valence-electron chi connectivity index (χ1n) is 5.65. The van der Waals surface area contributed by atoms with Gasteiger partial charge in [0.05, 0.1) is 0 Å². The third kappa shape index (κ3) is 1.96. The summed E-state index contributed by atoms with van der Waals surface area (Å²) < 4.78 is 0. The average Bonchev–Trinajstić information content (AvgIpc) is 2.28. The Morgan fingerprint density at radius 3 is 2.19 bits per heavy atom. The molecule has 2 aromatic carbocycles. The van der Waals surface area contributed by atoms with Gasteiger partial charge in [0.2, 0.25) is 0 Å². The van der Waals surface area contributed by atoms with Gasteiger partial charge < -0.3 is 11.5 Å². The van der Waals surface area contributed by atoms with Crippen LogP contribution in [-0.2, 0) is 0 Å². The Balaban J connectivity index is 0.000000606. The van der Waals surface area contributed by atoms with Crippen molar-refractivity contribution in [3.63, 3.8) is 0 Å². The van der Waals surface area contributed by atoms with E-state index in [-0.39, 0.29) is 0 Å². The predicted octanol–water partition coefficient (Wildman–Crippen LogP) is 3.65. The Morgan fingerprint density at radius 1 is 0.938 bits per heavy atom. The van der Waals surface area contributed by atoms with Gasteiger partial charge >= 0.3 is 0 Å². The zero-order valence-electron chi connectivity index (χ0n) is 10.5. The molecule has 0 aliphatic rings. The Morgan fingerprint density at radius 2 is 1.56 bits per heavy atom. The molecule has 0 fully saturated rings. The van der Waals surface area contributed by atoms with Gasteiger partial charge in [-0.3, -0.25) is 0 Å². The second-order valence-electron chi connectivity index (χ2n) is 3.69. The topological polar surface area (TPSA) is 52.0 Å². The van der Waals surface area contributed by atoms with E-state index in [4.69, 9.17) is 11.5 Å². The van der Waals surface area contributed by atoms with E-state index in [1.807, 2.05) is 39.0 Å². The van der Waals surface area contributed by atoms with Crippen LogP contribution in [0.3, 0.4) is 0 Å². The van der Waals surface area contributed by atoms with Gasteiger partial charge in [-0.1, -0.05) is 32.0 Å². The number of nitrogens with two attached hydrogens (primary N) is 2. The van der Waals surface area contributed by atoms with Crippen molar-refractivity contribution in [3.8, 4) is 0 Å². The molecule has 4 N–H and O–H groups in total. The normalized spacial score (nSPS) is 9.75. The standard InChI is InChI=1S/C12H14N2.C2H6/c1-7-6-8(2)12(14)9-4-3-5-10(13)11(7)9;1-2/h3-6H,13-14H2,1-2H3;1-2H3. The lowest BCUT2D eigenvalue weighted by molar-refractivity contribution is 1.43. The Labute approximate surface area is 97.3 Å². The van der Waals surface area contributed by atoms with E-state index in [9.17, 15) is 0 Å². The summed E-state index contributed by atoms with van der Waals surface area (Å²) in [6, 6.07) is 7.94. The maximum atomic E-state index is 6.00. The number of nitrogen functional groups attached to an aromatic ring is 2. The lowest BCUT2D eigenvalue weighted by atomic mass is 9.99. The predicted molar refractivity (Wildman–Crippen MR) is 73.6 cm³/mol. The summed E-state index contributed by atoms with van der Waals surface area (Å²) in [6.07, 6.45) is 0. The van der Waals surface area contributed by atoms with Crippen molar-refractivity contribution in [2.24, 2.45) is 0 Å². The van der Waals surface area contributed by atoms with Gasteiger partial charge in [-0.2, -0.15) is 0 Å². The molecule has 16 heavy (non-hydrogen) atoms. The number of aryl methyl sites for hydroxylation is 2. The van der Waals surface area contributed by atoms with Gasteiger partial charge in [0.1, 0.15) is 0 Å². The third-order valence-corrected chi connectivity index (χ3v) is 2.64. The average molecular weight is 216 g/mol. The maximum Gasteiger partial charge on any atom is 0.0424 e. The zero-order chi connectivity index (χ0) is 12.3. The van der Waals surface area contributed by atoms with Crippen LogP contribution in [-0.4, -0.2) is 0 Å². The first-order chi connectivity index (χ1) is 7.61. The number of hydrogen-bond acceptors (Lipinski definition) is 2. The molecule has 2 aromatic rings. The van der Waals surface area contributed by atoms with Crippen LogP contribution in [0.2, 0.25) is 0 Å². The first kappa shape index (κ1) is 12.4. The van der Waals surface area contributed by atoms with Crippen molar-refractivity contribution in [2.45, 2.75) is 27.7 Å². The Hall–Kier alpha value is -1.70. The minimum atomic E-state index is 0.798. The van der Waals surface area contributed by atoms with Crippen LogP contribution >= 0.6 is 0 Å². The van der Waals surface area contributed by atoms with E-state index in [0.717, 1.165) is 27.7 Å². The molecule has 86 valence electrons. The van der Waals surface area contributed by atoms with E-state index in [1.54, 1.807) is 0 Å². The molecule has 0 radical (unpaired) electrons. The van der Waals surface area contributed by atoms with Crippen molar-refractivity contribution < 1.29 is 0 Å². The van der Waals surface area contributed by atoms with Gasteiger partial charge in [-0.25, -0.2) is 0 Å². The third-order valence-electron chi connectivity index (χ3n) is 2.64. The molecule has 0 heterocycles. The number of hydrogen-bond donors (Lipinski definition) is 2. The molecule has 0 aromatic heterocycles. The van der Waals surface area contributed by atoms with Crippen LogP contribution in [0.4, 0.5) is 11.4 Å². The molecule has 2 heteroatoms. The number of anilines is 2. The highest BCUT2D eigenvalue weighted by atomic mass is 14.6. The highest BCUT2D eigenvalue weighted by Gasteiger charge is 2.06. The molecule has 0 unspecified atom stereocenters. The highest BCUT2D eigenvalue weighted by molar-refractivity contribution is 6.03. The van der Waals surface area contributed by atoms with Crippen molar-refractivity contribution in [1.29, 1.82) is 0 Å². The van der Waals surface area contributed by atoms with Gasteiger partial charge in [0.15, 0.2) is 0 Å². The summed E-state index contributed by atoms with van der Waals surface area (Å²) in [5.41, 5.74) is 15.8. The summed E-state index contributed by atoms with van der Waals surface area (Å²) in [6.45, 7) is 8.08.